The highest BCUT2D eigenvalue weighted by atomic mass is 127. The molecule has 111 heavy (non-hydrogen) atoms. The molecular weight excluding hydrogens is 1860 g/mol. The molecule has 2 fully saturated rings. The van der Waals surface area contributed by atoms with Crippen molar-refractivity contribution >= 4 is 162 Å². The van der Waals surface area contributed by atoms with Gasteiger partial charge in [-0.15, -0.1) is 0 Å². The first kappa shape index (κ1) is 91.4. The third-order valence-corrected chi connectivity index (χ3v) is 19.1. The maximum absolute atomic E-state index is 14.5. The Morgan fingerprint density at radius 1 is 0.441 bits per heavy atom. The van der Waals surface area contributed by atoms with Crippen molar-refractivity contribution in [1.29, 1.82) is 10.5 Å². The Balaban J connectivity index is 0.000000210. The number of aromatic nitrogens is 6. The number of nitrogens with zero attached hydrogens (tertiary/aromatic N) is 8. The van der Waals surface area contributed by atoms with Gasteiger partial charge in [0.05, 0.1) is 73.5 Å². The molecule has 0 bridgehead atoms. The van der Waals surface area contributed by atoms with E-state index in [9.17, 15) is 102 Å². The van der Waals surface area contributed by atoms with Gasteiger partial charge in [0.25, 0.3) is 0 Å². The highest BCUT2D eigenvalue weighted by Crippen LogP contribution is 2.58. The standard InChI is InChI=1S/C23H15Cl3F7N3O.C19H7Cl3F7N3.C12H4Cl2F7IN2.C7H5BClNO2.C4H5ClO/c24-16-4-3-12(5-13(16)8-34-20(37)11-1-2-11)14-9-35-36(10-14)19-17(25)6-15(7-18(19)26)21(27,22(28,29)30)23(31,32)33;20-13-2-1-9(3-10(13)6-30)11-7-31-32(8-11)16-14(21)4-12(5-15(16)22)17(23,18(24,25)26)19(27,28)29;13-7-1-5(10(15,11(16,17)18)12(19,20)21)2-8(14)9(7)24-4-6(22)3-23-24;9-7-2-1-6(8(11)12)3-5(7)4-10;5-4(6)3-1-2-3/h3-7,9-11H,1-2,8H2,(H,34,37);1-5,7-8H;1-4H;1-3,11-12H;3H,1-2H2. The van der Waals surface area contributed by atoms with Crippen molar-refractivity contribution in [3.05, 3.63) is 210 Å². The number of carbonyl (C=O) groups excluding carboxylic acids is 2. The topological polar surface area (TPSA) is 188 Å². The maximum Gasteiger partial charge on any atom is 0.488 e. The number of hydrogen-bond donors (Lipinski definition) is 3. The van der Waals surface area contributed by atoms with Crippen LogP contribution >= 0.6 is 139 Å². The molecule has 1 amide bonds. The zero-order valence-electron chi connectivity index (χ0n) is 53.8. The second kappa shape index (κ2) is 35.1. The number of nitrogens with one attached hydrogen (secondary N) is 1. The third-order valence-electron chi connectivity index (χ3n) is 15.5. The molecule has 2 saturated carbocycles. The van der Waals surface area contributed by atoms with Gasteiger partial charge in [-0.05, 0) is 155 Å². The van der Waals surface area contributed by atoms with Crippen LogP contribution in [0.3, 0.4) is 0 Å². The van der Waals surface area contributed by atoms with Crippen LogP contribution < -0.4 is 10.8 Å². The Morgan fingerprint density at radius 2 is 0.757 bits per heavy atom. The zero-order chi connectivity index (χ0) is 83.6. The van der Waals surface area contributed by atoms with Crippen molar-refractivity contribution in [3.8, 4) is 51.5 Å². The predicted molar refractivity (Wildman–Crippen MR) is 378 cm³/mol. The van der Waals surface area contributed by atoms with Crippen LogP contribution in [0.4, 0.5) is 92.2 Å². The lowest BCUT2D eigenvalue weighted by Crippen LogP contribution is -2.50. The minimum absolute atomic E-state index is 0.0101. The number of nitriles is 2. The highest BCUT2D eigenvalue weighted by molar-refractivity contribution is 14.1. The van der Waals surface area contributed by atoms with Gasteiger partial charge in [-0.3, -0.25) is 9.59 Å². The summed E-state index contributed by atoms with van der Waals surface area (Å²) in [4.78, 5) is 21.9. The van der Waals surface area contributed by atoms with Crippen molar-refractivity contribution in [2.24, 2.45) is 11.8 Å². The van der Waals surface area contributed by atoms with Crippen LogP contribution in [0.5, 0.6) is 0 Å². The van der Waals surface area contributed by atoms with Crippen molar-refractivity contribution in [2.75, 3.05) is 0 Å². The van der Waals surface area contributed by atoms with E-state index in [1.165, 1.54) is 67.5 Å². The van der Waals surface area contributed by atoms with Crippen LogP contribution in [-0.4, -0.2) is 94.7 Å². The van der Waals surface area contributed by atoms with E-state index in [2.05, 4.69) is 20.6 Å². The summed E-state index contributed by atoms with van der Waals surface area (Å²) < 4.78 is 280. The molecule has 46 heteroatoms. The zero-order valence-corrected chi connectivity index (χ0v) is 63.5. The van der Waals surface area contributed by atoms with E-state index in [-0.39, 0.29) is 105 Å². The summed E-state index contributed by atoms with van der Waals surface area (Å²) in [5.74, 6) is 0.165. The number of halogens is 32. The largest absolute Gasteiger partial charge is 0.488 e. The monoisotopic (exact) mass is 1890 g/mol. The first-order valence-corrected chi connectivity index (χ1v) is 34.7. The Bertz CT molecular complexity index is 4920. The summed E-state index contributed by atoms with van der Waals surface area (Å²) in [6.07, 6.45) is -26.0. The predicted octanol–water partition coefficient (Wildman–Crippen LogP) is 22.6. The van der Waals surface area contributed by atoms with Crippen molar-refractivity contribution in [1.82, 2.24) is 34.7 Å². The second-order valence-corrected chi connectivity index (χ2v) is 28.5. The fourth-order valence-electron chi connectivity index (χ4n) is 9.48. The molecule has 0 aliphatic heterocycles. The molecule has 0 atom stereocenters. The highest BCUT2D eigenvalue weighted by Gasteiger charge is 2.76. The molecule has 0 unspecified atom stereocenters. The number of carbonyl (C=O) groups is 2. The molecule has 592 valence electrons. The Hall–Kier alpha value is -6.79. The normalized spacial score (nSPS) is 13.5. The fraction of sp³-hybridized carbons (Fsp3) is 0.246. The smallest absolute Gasteiger partial charge is 0.423 e. The summed E-state index contributed by atoms with van der Waals surface area (Å²) in [5, 5.41) is 46.4. The third kappa shape index (κ3) is 20.7. The minimum Gasteiger partial charge on any atom is -0.423 e. The number of alkyl halides is 21. The first-order valence-electron chi connectivity index (χ1n) is 29.9. The van der Waals surface area contributed by atoms with Gasteiger partial charge in [0, 0.05) is 69.8 Å². The Kier molecular flexibility index (Phi) is 28.9. The lowest BCUT2D eigenvalue weighted by molar-refractivity contribution is -0.349. The van der Waals surface area contributed by atoms with Gasteiger partial charge in [0.2, 0.25) is 11.1 Å². The van der Waals surface area contributed by atoms with Crippen LogP contribution in [0.25, 0.3) is 39.3 Å². The quantitative estimate of drug-likeness (QED) is 0.0437. The average molecular weight is 1900 g/mol. The molecule has 2 aliphatic rings. The summed E-state index contributed by atoms with van der Waals surface area (Å²) >= 11 is 59.8. The summed E-state index contributed by atoms with van der Waals surface area (Å²) in [6.45, 7) is 0.179. The summed E-state index contributed by atoms with van der Waals surface area (Å²) in [7, 11) is -1.56. The molecule has 0 saturated heterocycles. The molecule has 0 spiro atoms. The summed E-state index contributed by atoms with van der Waals surface area (Å²) in [6, 6.07) is 18.6. The second-order valence-electron chi connectivity index (χ2n) is 23.2. The first-order chi connectivity index (χ1) is 51.1. The molecule has 3 heterocycles. The molecular formula is C65H36BCl10F21IN9O4. The van der Waals surface area contributed by atoms with Crippen LogP contribution in [0, 0.1) is 38.1 Å². The van der Waals surface area contributed by atoms with Crippen molar-refractivity contribution < 1.29 is 112 Å². The molecule has 6 aromatic carbocycles. The number of rotatable bonds is 13. The SMILES string of the molecule is FC(F)(F)C(F)(c1cc(Cl)c(-n2cc(I)cn2)c(Cl)c1)C(F)(F)F.N#Cc1cc(-c2cnn(-c3c(Cl)cc(C(F)(C(F)(F)F)C(F)(F)F)cc3Cl)c2)ccc1Cl.N#Cc1cc(B(O)O)ccc1Cl.O=C(Cl)C1CC1.O=C(NCc1cc(-c2cnn(-c3c(Cl)cc(C(F)(C(F)(F)F)C(F)(F)F)cc3Cl)c2)ccc1Cl)C1CC1. The minimum atomic E-state index is -6.32. The van der Waals surface area contributed by atoms with Crippen LogP contribution in [0.1, 0.15) is 59.1 Å². The fourth-order valence-corrected chi connectivity index (χ4v) is 12.6. The molecule has 3 N–H and O–H groups in total. The molecule has 0 radical (unpaired) electrons. The Morgan fingerprint density at radius 3 is 1.05 bits per heavy atom. The lowest BCUT2D eigenvalue weighted by atomic mass is 9.80. The van der Waals surface area contributed by atoms with Crippen LogP contribution in [0.15, 0.2) is 128 Å². The van der Waals surface area contributed by atoms with Gasteiger partial charge in [0.1, 0.15) is 29.2 Å². The lowest BCUT2D eigenvalue weighted by Gasteiger charge is -2.30. The van der Waals surface area contributed by atoms with Gasteiger partial charge in [-0.25, -0.2) is 27.2 Å². The maximum atomic E-state index is 14.5. The van der Waals surface area contributed by atoms with Gasteiger partial charge in [-0.2, -0.15) is 105 Å². The van der Waals surface area contributed by atoms with E-state index in [1.807, 2.05) is 34.7 Å². The van der Waals surface area contributed by atoms with Gasteiger partial charge >= 0.3 is 61.2 Å². The Labute approximate surface area is 674 Å². The van der Waals surface area contributed by atoms with Gasteiger partial charge in [0.15, 0.2) is 0 Å². The molecule has 2 aliphatic carbocycles. The van der Waals surface area contributed by atoms with E-state index >= 15 is 0 Å². The number of hydrogen-bond acceptors (Lipinski definition) is 9. The molecule has 13 nitrogen and oxygen atoms in total. The van der Waals surface area contributed by atoms with E-state index in [0.29, 0.717) is 41.4 Å². The van der Waals surface area contributed by atoms with E-state index in [4.69, 9.17) is 137 Å². The average Bonchev–Trinajstić information content (AvgIpc) is 1.16. The number of benzene rings is 6. The number of amides is 1. The summed E-state index contributed by atoms with van der Waals surface area (Å²) in [5.41, 5.74) is -19.8. The van der Waals surface area contributed by atoms with Crippen LogP contribution in [-0.2, 0) is 33.1 Å². The van der Waals surface area contributed by atoms with E-state index in [1.54, 1.807) is 24.3 Å². The van der Waals surface area contributed by atoms with E-state index in [0.717, 1.165) is 39.7 Å². The molecule has 3 aromatic heterocycles. The van der Waals surface area contributed by atoms with E-state index < -0.39 is 108 Å². The molecule has 9 aromatic rings. The van der Waals surface area contributed by atoms with Crippen molar-refractivity contribution in [3.63, 3.8) is 0 Å². The van der Waals surface area contributed by atoms with Gasteiger partial charge in [-0.1, -0.05) is 123 Å². The van der Waals surface area contributed by atoms with Gasteiger partial charge < -0.3 is 15.4 Å². The molecule has 11 rings (SSSR count). The van der Waals surface area contributed by atoms with Crippen molar-refractivity contribution in [2.45, 2.75) is 86.3 Å². The van der Waals surface area contributed by atoms with Crippen LogP contribution in [0.2, 0.25) is 45.2 Å².